The first-order chi connectivity index (χ1) is 10.1. The van der Waals surface area contributed by atoms with Gasteiger partial charge in [0.2, 0.25) is 0 Å². The number of hydrogen-bond acceptors (Lipinski definition) is 6. The minimum atomic E-state index is -0.154. The number of hydrogen-bond donors (Lipinski definition) is 1. The van der Waals surface area contributed by atoms with Gasteiger partial charge in [0.1, 0.15) is 5.82 Å². The van der Waals surface area contributed by atoms with Crippen LogP contribution in [0.25, 0.3) is 0 Å². The van der Waals surface area contributed by atoms with Crippen molar-refractivity contribution < 1.29 is 4.79 Å². The summed E-state index contributed by atoms with van der Waals surface area (Å²) in [6.45, 7) is 2.32. The van der Waals surface area contributed by atoms with Gasteiger partial charge in [-0.1, -0.05) is 0 Å². The molecule has 1 aromatic rings. The van der Waals surface area contributed by atoms with E-state index in [1.807, 2.05) is 0 Å². The van der Waals surface area contributed by atoms with Crippen molar-refractivity contribution in [3.05, 3.63) is 17.8 Å². The fourth-order valence-corrected chi connectivity index (χ4v) is 2.30. The third kappa shape index (κ3) is 4.13. The Morgan fingerprint density at radius 2 is 2.14 bits per heavy atom. The summed E-state index contributed by atoms with van der Waals surface area (Å²) >= 11 is 0. The molecule has 0 unspecified atom stereocenters. The maximum atomic E-state index is 11.7. The van der Waals surface area contributed by atoms with E-state index in [0.29, 0.717) is 24.1 Å². The molecule has 112 valence electrons. The Kier molecular flexibility index (Phi) is 5.06. The first kappa shape index (κ1) is 15.2. The monoisotopic (exact) mass is 288 g/mol. The van der Waals surface area contributed by atoms with Crippen LogP contribution < -0.4 is 5.32 Å². The van der Waals surface area contributed by atoms with Crippen molar-refractivity contribution in [1.29, 1.82) is 5.26 Å². The number of piperidine rings is 1. The van der Waals surface area contributed by atoms with E-state index in [-0.39, 0.29) is 5.91 Å². The van der Waals surface area contributed by atoms with Crippen molar-refractivity contribution in [2.24, 2.45) is 0 Å². The lowest BCUT2D eigenvalue weighted by molar-refractivity contribution is 0.0821. The minimum absolute atomic E-state index is 0.154. The molecule has 0 radical (unpaired) electrons. The zero-order valence-corrected chi connectivity index (χ0v) is 12.4. The molecule has 0 aromatic carbocycles. The van der Waals surface area contributed by atoms with Crippen LogP contribution in [0.4, 0.5) is 5.82 Å². The molecule has 2 heterocycles. The summed E-state index contributed by atoms with van der Waals surface area (Å²) in [6, 6.07) is 5.98. The van der Waals surface area contributed by atoms with E-state index >= 15 is 0 Å². The zero-order valence-electron chi connectivity index (χ0n) is 12.4. The quantitative estimate of drug-likeness (QED) is 0.816. The Morgan fingerprint density at radius 3 is 2.67 bits per heavy atom. The number of anilines is 1. The van der Waals surface area contributed by atoms with E-state index in [2.05, 4.69) is 26.5 Å². The van der Waals surface area contributed by atoms with Crippen LogP contribution in [0.2, 0.25) is 0 Å². The van der Waals surface area contributed by atoms with Crippen molar-refractivity contribution in [3.63, 3.8) is 0 Å². The maximum Gasteiger partial charge on any atom is 0.273 e. The molecule has 7 heteroatoms. The van der Waals surface area contributed by atoms with Gasteiger partial charge >= 0.3 is 0 Å². The predicted octanol–water partition coefficient (Wildman–Crippen LogP) is 0.578. The number of nitrogens with zero attached hydrogens (tertiary/aromatic N) is 5. The van der Waals surface area contributed by atoms with E-state index in [9.17, 15) is 4.79 Å². The molecule has 7 nitrogen and oxygen atoms in total. The highest BCUT2D eigenvalue weighted by atomic mass is 16.2. The Morgan fingerprint density at radius 1 is 1.43 bits per heavy atom. The van der Waals surface area contributed by atoms with Gasteiger partial charge in [0.05, 0.1) is 12.6 Å². The van der Waals surface area contributed by atoms with Crippen LogP contribution in [0.3, 0.4) is 0 Å². The molecule has 1 aromatic heterocycles. The summed E-state index contributed by atoms with van der Waals surface area (Å²) in [5, 5.41) is 20.0. The Bertz CT molecular complexity index is 513. The summed E-state index contributed by atoms with van der Waals surface area (Å²) in [5.41, 5.74) is 0.342. The van der Waals surface area contributed by atoms with Crippen LogP contribution in [-0.2, 0) is 0 Å². The second kappa shape index (κ2) is 6.99. The summed E-state index contributed by atoms with van der Waals surface area (Å²) < 4.78 is 0. The van der Waals surface area contributed by atoms with Gasteiger partial charge in [-0.05, 0) is 25.0 Å². The molecule has 0 aliphatic carbocycles. The van der Waals surface area contributed by atoms with Crippen molar-refractivity contribution in [2.75, 3.05) is 39.0 Å². The Hall–Kier alpha value is -2.20. The molecule has 21 heavy (non-hydrogen) atoms. The van der Waals surface area contributed by atoms with Crippen LogP contribution in [-0.4, -0.2) is 65.7 Å². The fourth-order valence-electron chi connectivity index (χ4n) is 2.30. The molecular formula is C14H20N6O. The second-order valence-corrected chi connectivity index (χ2v) is 5.36. The SMILES string of the molecule is CN(C)C(=O)c1ccc(NC2CCN(CC#N)CC2)nn1. The molecule has 0 bridgehead atoms. The van der Waals surface area contributed by atoms with E-state index < -0.39 is 0 Å². The van der Waals surface area contributed by atoms with Crippen molar-refractivity contribution in [2.45, 2.75) is 18.9 Å². The average Bonchev–Trinajstić information content (AvgIpc) is 2.49. The third-order valence-corrected chi connectivity index (χ3v) is 3.52. The van der Waals surface area contributed by atoms with Crippen LogP contribution >= 0.6 is 0 Å². The number of nitrogens with one attached hydrogen (secondary N) is 1. The number of carbonyl (C=O) groups is 1. The molecule has 1 saturated heterocycles. The van der Waals surface area contributed by atoms with Gasteiger partial charge < -0.3 is 10.2 Å². The molecule has 1 amide bonds. The van der Waals surface area contributed by atoms with Gasteiger partial charge in [0, 0.05) is 33.2 Å². The first-order valence-electron chi connectivity index (χ1n) is 7.01. The van der Waals surface area contributed by atoms with Gasteiger partial charge in [-0.15, -0.1) is 10.2 Å². The summed E-state index contributed by atoms with van der Waals surface area (Å²) in [4.78, 5) is 15.3. The van der Waals surface area contributed by atoms with Crippen molar-refractivity contribution in [1.82, 2.24) is 20.0 Å². The molecule has 2 rings (SSSR count). The normalized spacial score (nSPS) is 16.2. The van der Waals surface area contributed by atoms with Gasteiger partial charge in [-0.3, -0.25) is 9.69 Å². The fraction of sp³-hybridized carbons (Fsp3) is 0.571. The smallest absolute Gasteiger partial charge is 0.273 e. The molecule has 0 spiro atoms. The van der Waals surface area contributed by atoms with Gasteiger partial charge in [0.15, 0.2) is 5.69 Å². The topological polar surface area (TPSA) is 85.2 Å². The second-order valence-electron chi connectivity index (χ2n) is 5.36. The van der Waals surface area contributed by atoms with Crippen molar-refractivity contribution in [3.8, 4) is 6.07 Å². The number of aromatic nitrogens is 2. The molecule has 1 aliphatic heterocycles. The predicted molar refractivity (Wildman–Crippen MR) is 78.7 cm³/mol. The van der Waals surface area contributed by atoms with Crippen LogP contribution in [0.5, 0.6) is 0 Å². The van der Waals surface area contributed by atoms with E-state index in [4.69, 9.17) is 5.26 Å². The van der Waals surface area contributed by atoms with E-state index in [0.717, 1.165) is 25.9 Å². The lowest BCUT2D eigenvalue weighted by atomic mass is 10.1. The van der Waals surface area contributed by atoms with Crippen LogP contribution in [0.1, 0.15) is 23.3 Å². The number of likely N-dealkylation sites (tertiary alicyclic amines) is 1. The molecule has 1 aliphatic rings. The molecular weight excluding hydrogens is 268 g/mol. The zero-order chi connectivity index (χ0) is 15.2. The van der Waals surface area contributed by atoms with Gasteiger partial charge in [0.25, 0.3) is 5.91 Å². The summed E-state index contributed by atoms with van der Waals surface area (Å²) in [6.07, 6.45) is 1.95. The highest BCUT2D eigenvalue weighted by Gasteiger charge is 2.19. The van der Waals surface area contributed by atoms with Crippen molar-refractivity contribution >= 4 is 11.7 Å². The lowest BCUT2D eigenvalue weighted by Crippen LogP contribution is -2.39. The van der Waals surface area contributed by atoms with Gasteiger partial charge in [-0.2, -0.15) is 5.26 Å². The highest BCUT2D eigenvalue weighted by molar-refractivity contribution is 5.91. The molecule has 1 fully saturated rings. The maximum absolute atomic E-state index is 11.7. The largest absolute Gasteiger partial charge is 0.366 e. The van der Waals surface area contributed by atoms with Gasteiger partial charge in [-0.25, -0.2) is 0 Å². The third-order valence-electron chi connectivity index (χ3n) is 3.52. The van der Waals surface area contributed by atoms with E-state index in [1.54, 1.807) is 26.2 Å². The number of rotatable bonds is 4. The molecule has 0 saturated carbocycles. The highest BCUT2D eigenvalue weighted by Crippen LogP contribution is 2.14. The molecule has 0 atom stereocenters. The minimum Gasteiger partial charge on any atom is -0.366 e. The number of nitriles is 1. The summed E-state index contributed by atoms with van der Waals surface area (Å²) in [7, 11) is 3.37. The Labute approximate surface area is 124 Å². The lowest BCUT2D eigenvalue weighted by Gasteiger charge is -2.30. The van der Waals surface area contributed by atoms with E-state index in [1.165, 1.54) is 4.90 Å². The van der Waals surface area contributed by atoms with Crippen LogP contribution in [0.15, 0.2) is 12.1 Å². The standard InChI is InChI=1S/C14H20N6O/c1-19(2)14(21)12-3-4-13(18-17-12)16-11-5-8-20(9-6-11)10-7-15/h3-4,11H,5-6,8-10H2,1-2H3,(H,16,18). The average molecular weight is 288 g/mol. The summed E-state index contributed by atoms with van der Waals surface area (Å²) in [5.74, 6) is 0.530. The first-order valence-corrected chi connectivity index (χ1v) is 7.01. The van der Waals surface area contributed by atoms with Crippen LogP contribution in [0, 0.1) is 11.3 Å². The molecule has 1 N–H and O–H groups in total. The Balaban J connectivity index is 1.87. The number of amides is 1. The number of carbonyl (C=O) groups excluding carboxylic acids is 1.